The lowest BCUT2D eigenvalue weighted by Gasteiger charge is -2.21. The lowest BCUT2D eigenvalue weighted by atomic mass is 10.1. The summed E-state index contributed by atoms with van der Waals surface area (Å²) in [4.78, 5) is 3.71. The van der Waals surface area contributed by atoms with E-state index in [0.29, 0.717) is 0 Å². The molecule has 0 spiro atoms. The van der Waals surface area contributed by atoms with E-state index >= 15 is 0 Å². The molecule has 0 amide bonds. The van der Waals surface area contributed by atoms with E-state index < -0.39 is 31.2 Å². The second kappa shape index (κ2) is 6.30. The van der Waals surface area contributed by atoms with Gasteiger partial charge >= 0.3 is 6.18 Å². The summed E-state index contributed by atoms with van der Waals surface area (Å²) >= 11 is 0. The van der Waals surface area contributed by atoms with Crippen molar-refractivity contribution in [2.45, 2.75) is 31.2 Å². The van der Waals surface area contributed by atoms with E-state index in [9.17, 15) is 27.1 Å². The molecule has 0 bridgehead atoms. The summed E-state index contributed by atoms with van der Waals surface area (Å²) in [6.07, 6.45) is -8.94. The van der Waals surface area contributed by atoms with E-state index in [1.54, 1.807) is 0 Å². The van der Waals surface area contributed by atoms with Crippen LogP contribution >= 0.6 is 0 Å². The summed E-state index contributed by atoms with van der Waals surface area (Å²) in [6, 6.07) is 0.819. The SMILES string of the molecule is OC(C(F)F)C(c1ccc(CC(F)(F)F)cn1)n1cnnn1. The first-order valence-corrected chi connectivity index (χ1v) is 5.98. The van der Waals surface area contributed by atoms with Crippen molar-refractivity contribution < 1.29 is 27.1 Å². The van der Waals surface area contributed by atoms with Crippen LogP contribution in [0.1, 0.15) is 17.3 Å². The Bertz CT molecular complexity index is 586. The molecule has 2 heterocycles. The normalized spacial score (nSPS) is 15.0. The lowest BCUT2D eigenvalue weighted by Crippen LogP contribution is -2.32. The number of pyridine rings is 1. The van der Waals surface area contributed by atoms with Gasteiger partial charge in [-0.2, -0.15) is 13.2 Å². The average molecular weight is 323 g/mol. The minimum absolute atomic E-state index is 0.0778. The Kier molecular flexibility index (Phi) is 4.64. The van der Waals surface area contributed by atoms with Crippen LogP contribution in [0, 0.1) is 0 Å². The van der Waals surface area contributed by atoms with Crippen molar-refractivity contribution in [2.75, 3.05) is 0 Å². The number of halogens is 5. The maximum Gasteiger partial charge on any atom is 0.393 e. The molecule has 6 nitrogen and oxygen atoms in total. The van der Waals surface area contributed by atoms with Crippen LogP contribution in [0.5, 0.6) is 0 Å². The topological polar surface area (TPSA) is 76.7 Å². The molecule has 0 saturated heterocycles. The highest BCUT2D eigenvalue weighted by Crippen LogP contribution is 2.25. The van der Waals surface area contributed by atoms with Crippen LogP contribution in [0.2, 0.25) is 0 Å². The zero-order valence-electron chi connectivity index (χ0n) is 10.8. The van der Waals surface area contributed by atoms with E-state index in [-0.39, 0.29) is 11.3 Å². The van der Waals surface area contributed by atoms with Crippen molar-refractivity contribution >= 4 is 0 Å². The third-order valence-electron chi connectivity index (χ3n) is 2.79. The number of aliphatic hydroxyl groups is 1. The summed E-state index contributed by atoms with van der Waals surface area (Å²) in [5.74, 6) is 0. The molecule has 0 aliphatic rings. The molecule has 0 aromatic carbocycles. The summed E-state index contributed by atoms with van der Waals surface area (Å²) in [5, 5.41) is 19.6. The third-order valence-corrected chi connectivity index (χ3v) is 2.79. The van der Waals surface area contributed by atoms with Gasteiger partial charge in [-0.05, 0) is 22.1 Å². The Hall–Kier alpha value is -2.17. The molecule has 2 rings (SSSR count). The van der Waals surface area contributed by atoms with Gasteiger partial charge < -0.3 is 5.11 Å². The molecule has 120 valence electrons. The van der Waals surface area contributed by atoms with Crippen LogP contribution < -0.4 is 0 Å². The standard InChI is InChI=1S/C11H10F5N5O/c12-10(13)9(22)8(21-5-18-19-20-21)7-2-1-6(4-17-7)3-11(14,15)16/h1-2,4-5,8-10,22H,3H2. The van der Waals surface area contributed by atoms with Gasteiger partial charge in [-0.1, -0.05) is 6.07 Å². The molecule has 0 aliphatic carbocycles. The van der Waals surface area contributed by atoms with Gasteiger partial charge in [0.15, 0.2) is 0 Å². The second-order valence-corrected chi connectivity index (χ2v) is 4.44. The first kappa shape index (κ1) is 16.2. The summed E-state index contributed by atoms with van der Waals surface area (Å²) in [7, 11) is 0. The minimum Gasteiger partial charge on any atom is -0.384 e. The van der Waals surface area contributed by atoms with Crippen LogP contribution in [0.4, 0.5) is 22.0 Å². The summed E-state index contributed by atoms with van der Waals surface area (Å²) in [6.45, 7) is 0. The number of alkyl halides is 5. The Morgan fingerprint density at radius 3 is 2.41 bits per heavy atom. The van der Waals surface area contributed by atoms with Gasteiger partial charge in [0.2, 0.25) is 0 Å². The highest BCUT2D eigenvalue weighted by molar-refractivity contribution is 5.18. The molecular weight excluding hydrogens is 313 g/mol. The van der Waals surface area contributed by atoms with Crippen molar-refractivity contribution in [3.63, 3.8) is 0 Å². The minimum atomic E-state index is -4.40. The van der Waals surface area contributed by atoms with Crippen LogP contribution in [0.3, 0.4) is 0 Å². The number of rotatable bonds is 5. The van der Waals surface area contributed by atoms with Crippen LogP contribution in [-0.2, 0) is 6.42 Å². The van der Waals surface area contributed by atoms with Gasteiger partial charge in [0.25, 0.3) is 6.43 Å². The fourth-order valence-electron chi connectivity index (χ4n) is 1.85. The number of hydrogen-bond donors (Lipinski definition) is 1. The molecule has 11 heteroatoms. The average Bonchev–Trinajstić information content (AvgIpc) is 2.93. The van der Waals surface area contributed by atoms with Gasteiger partial charge in [-0.25, -0.2) is 13.5 Å². The predicted molar refractivity (Wildman–Crippen MR) is 62.0 cm³/mol. The lowest BCUT2D eigenvalue weighted by molar-refractivity contribution is -0.127. The largest absolute Gasteiger partial charge is 0.393 e. The molecule has 1 N–H and O–H groups in total. The Labute approximate surface area is 120 Å². The van der Waals surface area contributed by atoms with E-state index in [1.807, 2.05) is 0 Å². The van der Waals surface area contributed by atoms with Crippen LogP contribution in [0.15, 0.2) is 24.7 Å². The van der Waals surface area contributed by atoms with Gasteiger partial charge in [0.1, 0.15) is 18.5 Å². The molecule has 0 saturated carbocycles. The first-order chi connectivity index (χ1) is 10.3. The maximum atomic E-state index is 12.7. The quantitative estimate of drug-likeness (QED) is 0.842. The molecular formula is C11H10F5N5O. The number of tetrazole rings is 1. The van der Waals surface area contributed by atoms with Crippen molar-refractivity contribution in [1.82, 2.24) is 25.2 Å². The number of aliphatic hydroxyl groups excluding tert-OH is 1. The Morgan fingerprint density at radius 1 is 1.23 bits per heavy atom. The molecule has 2 aromatic rings. The maximum absolute atomic E-state index is 12.7. The number of nitrogens with zero attached hydrogens (tertiary/aromatic N) is 5. The van der Waals surface area contributed by atoms with Gasteiger partial charge in [0, 0.05) is 6.20 Å². The fraction of sp³-hybridized carbons (Fsp3) is 0.455. The number of hydrogen-bond acceptors (Lipinski definition) is 5. The molecule has 0 radical (unpaired) electrons. The van der Waals surface area contributed by atoms with E-state index in [1.165, 1.54) is 0 Å². The van der Waals surface area contributed by atoms with Gasteiger partial charge in [-0.15, -0.1) is 5.10 Å². The van der Waals surface area contributed by atoms with Gasteiger partial charge in [-0.3, -0.25) is 4.98 Å². The Balaban J connectivity index is 2.29. The number of aromatic nitrogens is 5. The zero-order valence-corrected chi connectivity index (χ0v) is 10.8. The van der Waals surface area contributed by atoms with Crippen LogP contribution in [0.25, 0.3) is 0 Å². The van der Waals surface area contributed by atoms with Crippen LogP contribution in [-0.4, -0.2) is 49.0 Å². The molecule has 22 heavy (non-hydrogen) atoms. The second-order valence-electron chi connectivity index (χ2n) is 4.44. The third kappa shape index (κ3) is 3.93. The highest BCUT2D eigenvalue weighted by Gasteiger charge is 2.33. The summed E-state index contributed by atoms with van der Waals surface area (Å²) < 4.78 is 63.1. The molecule has 2 unspecified atom stereocenters. The van der Waals surface area contributed by atoms with Crippen molar-refractivity contribution in [2.24, 2.45) is 0 Å². The zero-order chi connectivity index (χ0) is 16.3. The smallest absolute Gasteiger partial charge is 0.384 e. The van der Waals surface area contributed by atoms with Gasteiger partial charge in [0.05, 0.1) is 12.1 Å². The van der Waals surface area contributed by atoms with Crippen molar-refractivity contribution in [3.05, 3.63) is 35.9 Å². The monoisotopic (exact) mass is 323 g/mol. The summed E-state index contributed by atoms with van der Waals surface area (Å²) in [5.41, 5.74) is -0.204. The van der Waals surface area contributed by atoms with E-state index in [2.05, 4.69) is 20.5 Å². The predicted octanol–water partition coefficient (Wildman–Crippen LogP) is 1.39. The van der Waals surface area contributed by atoms with Crippen molar-refractivity contribution in [3.8, 4) is 0 Å². The van der Waals surface area contributed by atoms with Crippen molar-refractivity contribution in [1.29, 1.82) is 0 Å². The van der Waals surface area contributed by atoms with E-state index in [4.69, 9.17) is 0 Å². The first-order valence-electron chi connectivity index (χ1n) is 5.98. The fourth-order valence-corrected chi connectivity index (χ4v) is 1.85. The molecule has 2 atom stereocenters. The van der Waals surface area contributed by atoms with E-state index in [0.717, 1.165) is 29.3 Å². The molecule has 2 aromatic heterocycles. The molecule has 0 fully saturated rings. The molecule has 0 aliphatic heterocycles. The highest BCUT2D eigenvalue weighted by atomic mass is 19.4. The Morgan fingerprint density at radius 2 is 1.95 bits per heavy atom.